The van der Waals surface area contributed by atoms with Crippen LogP contribution in [-0.2, 0) is 6.42 Å². The summed E-state index contributed by atoms with van der Waals surface area (Å²) in [5, 5.41) is 3.85. The van der Waals surface area contributed by atoms with Gasteiger partial charge in [0, 0.05) is 56.6 Å². The minimum Gasteiger partial charge on any atom is -0.333 e. The van der Waals surface area contributed by atoms with Crippen LogP contribution in [0.1, 0.15) is 69.5 Å². The lowest BCUT2D eigenvalue weighted by atomic mass is 9.79. The summed E-state index contributed by atoms with van der Waals surface area (Å²) >= 11 is 1.97. The molecule has 302 valence electrons. The first kappa shape index (κ1) is 37.2. The van der Waals surface area contributed by atoms with Gasteiger partial charge in [0.25, 0.3) is 0 Å². The van der Waals surface area contributed by atoms with Crippen LogP contribution < -0.4 is 10.2 Å². The number of fused-ring (bicyclic) bond motifs is 7. The van der Waals surface area contributed by atoms with Gasteiger partial charge in [-0.2, -0.15) is 0 Å². The van der Waals surface area contributed by atoms with Gasteiger partial charge < -0.3 is 10.2 Å². The van der Waals surface area contributed by atoms with Gasteiger partial charge in [0.1, 0.15) is 11.7 Å². The van der Waals surface area contributed by atoms with Crippen LogP contribution in [0.3, 0.4) is 0 Å². The fraction of sp³-hybridized carbons (Fsp3) is 0.196. The van der Waals surface area contributed by atoms with Crippen LogP contribution in [0.2, 0.25) is 0 Å². The Bertz CT molecular complexity index is 2900. The van der Waals surface area contributed by atoms with Gasteiger partial charge in [-0.15, -0.1) is 11.3 Å². The Balaban J connectivity index is 0.934. The van der Waals surface area contributed by atoms with Crippen LogP contribution in [-0.4, -0.2) is 30.1 Å². The van der Waals surface area contributed by atoms with Gasteiger partial charge in [-0.1, -0.05) is 152 Å². The normalized spacial score (nSPS) is 25.4. The molecule has 0 saturated heterocycles. The first-order valence-corrected chi connectivity index (χ1v) is 23.0. The molecule has 4 aliphatic carbocycles. The molecule has 0 fully saturated rings. The van der Waals surface area contributed by atoms with Crippen LogP contribution in [0.15, 0.2) is 196 Å². The van der Waals surface area contributed by atoms with E-state index in [1.165, 1.54) is 65.7 Å². The first-order chi connectivity index (χ1) is 30.7. The molecule has 12 rings (SSSR count). The summed E-state index contributed by atoms with van der Waals surface area (Å²) in [6, 6.07) is 39.9. The van der Waals surface area contributed by atoms with Crippen molar-refractivity contribution < 1.29 is 0 Å². The van der Waals surface area contributed by atoms with E-state index in [9.17, 15) is 0 Å². The number of amidine groups is 2. The Hall–Kier alpha value is -6.63. The van der Waals surface area contributed by atoms with Crippen molar-refractivity contribution in [1.82, 2.24) is 5.32 Å². The maximum absolute atomic E-state index is 5.51. The molecule has 6 unspecified atom stereocenters. The van der Waals surface area contributed by atoms with Crippen LogP contribution in [0.25, 0.3) is 23.3 Å². The van der Waals surface area contributed by atoms with Crippen molar-refractivity contribution in [1.29, 1.82) is 0 Å². The lowest BCUT2D eigenvalue weighted by Crippen LogP contribution is -2.42. The Kier molecular flexibility index (Phi) is 9.40. The molecular weight excluding hydrogens is 775 g/mol. The van der Waals surface area contributed by atoms with E-state index in [1.54, 1.807) is 0 Å². The first-order valence-electron chi connectivity index (χ1n) is 22.2. The van der Waals surface area contributed by atoms with Crippen LogP contribution in [0.5, 0.6) is 0 Å². The minimum absolute atomic E-state index is 0.103. The average Bonchev–Trinajstić information content (AvgIpc) is 3.90. The second kappa shape index (κ2) is 15.7. The van der Waals surface area contributed by atoms with Gasteiger partial charge in [0.15, 0.2) is 6.17 Å². The van der Waals surface area contributed by atoms with E-state index in [0.717, 1.165) is 49.5 Å². The molecular formula is C56H47N5S. The quantitative estimate of drug-likeness (QED) is 0.178. The summed E-state index contributed by atoms with van der Waals surface area (Å²) in [5.74, 6) is 2.58. The van der Waals surface area contributed by atoms with Crippen molar-refractivity contribution in [3.8, 4) is 11.1 Å². The maximum Gasteiger partial charge on any atom is 0.165 e. The lowest BCUT2D eigenvalue weighted by molar-refractivity contribution is 0.693. The van der Waals surface area contributed by atoms with E-state index in [1.807, 2.05) is 11.3 Å². The third-order valence-electron chi connectivity index (χ3n) is 13.6. The van der Waals surface area contributed by atoms with Crippen molar-refractivity contribution >= 4 is 52.7 Å². The van der Waals surface area contributed by atoms with E-state index in [2.05, 4.69) is 192 Å². The summed E-state index contributed by atoms with van der Waals surface area (Å²) in [4.78, 5) is 21.7. The largest absolute Gasteiger partial charge is 0.333 e. The number of para-hydroxylation sites is 2. The molecule has 0 bridgehead atoms. The predicted molar refractivity (Wildman–Crippen MR) is 260 cm³/mol. The molecule has 0 saturated carbocycles. The second-order valence-corrected chi connectivity index (χ2v) is 18.4. The number of aliphatic imine (C=N–C) groups is 3. The highest BCUT2D eigenvalue weighted by atomic mass is 32.1. The lowest BCUT2D eigenvalue weighted by Gasteiger charge is -2.32. The van der Waals surface area contributed by atoms with E-state index in [0.29, 0.717) is 0 Å². The number of benzene rings is 4. The number of hydrogen-bond acceptors (Lipinski definition) is 6. The van der Waals surface area contributed by atoms with Crippen molar-refractivity contribution in [2.24, 2.45) is 26.8 Å². The fourth-order valence-corrected chi connectivity index (χ4v) is 11.9. The van der Waals surface area contributed by atoms with E-state index in [4.69, 9.17) is 15.0 Å². The molecule has 5 aromatic rings. The predicted octanol–water partition coefficient (Wildman–Crippen LogP) is 12.9. The summed E-state index contributed by atoms with van der Waals surface area (Å²) < 4.78 is 0. The molecule has 6 atom stereocenters. The molecule has 6 heteroatoms. The van der Waals surface area contributed by atoms with E-state index < -0.39 is 0 Å². The summed E-state index contributed by atoms with van der Waals surface area (Å²) in [7, 11) is 0. The zero-order chi connectivity index (χ0) is 41.0. The van der Waals surface area contributed by atoms with Crippen molar-refractivity contribution in [3.05, 3.63) is 213 Å². The minimum atomic E-state index is -0.257. The Morgan fingerprint density at radius 2 is 1.56 bits per heavy atom. The third kappa shape index (κ3) is 6.56. The molecule has 62 heavy (non-hydrogen) atoms. The molecule has 0 spiro atoms. The smallest absolute Gasteiger partial charge is 0.165 e. The molecule has 3 aliphatic heterocycles. The van der Waals surface area contributed by atoms with Gasteiger partial charge in [-0.3, -0.25) is 4.99 Å². The number of rotatable bonds is 7. The average molecular weight is 822 g/mol. The fourth-order valence-electron chi connectivity index (χ4n) is 10.6. The maximum atomic E-state index is 5.51. The summed E-state index contributed by atoms with van der Waals surface area (Å²) in [6.45, 7) is 0. The highest BCUT2D eigenvalue weighted by Crippen LogP contribution is 2.55. The van der Waals surface area contributed by atoms with Crippen molar-refractivity contribution in [3.63, 3.8) is 0 Å². The standard InChI is InChI=1S/C56H47N5S/c1-5-16-36(17-6-1)39-22-15-23-40(32-39)42-33-46(56-59-54(37-18-7-2-8-19-37)58-55(60-56)38-20-9-3-10-21-38)53(57-35-42)41-28-29-45-50(34-41)62-49-31-30-48-51(52(45)49)44-26-13-14-27-47(44)61(48)43-24-11-4-12-25-43/h1-9,11-18,20,22-32,35,37,41-42,48,51,55H,10,19,21,33-34H2,(H,58,59,60). The zero-order valence-corrected chi connectivity index (χ0v) is 35.3. The van der Waals surface area contributed by atoms with Gasteiger partial charge >= 0.3 is 0 Å². The SMILES string of the molecule is C1=CCCC(C2N=C(C3=C(C4C=Cc5c(sc6c5C5c7ccccc7N(c7ccccc7)C5C=C6)C4)N=CC(c4cccc(-c5ccccc5)c4)C3)NC(C3C=CC=CC3)=N2)=C1. The van der Waals surface area contributed by atoms with E-state index >= 15 is 0 Å². The Labute approximate surface area is 368 Å². The number of nitrogens with one attached hydrogen (secondary N) is 1. The van der Waals surface area contributed by atoms with Crippen LogP contribution >= 0.6 is 11.3 Å². The van der Waals surface area contributed by atoms with Crippen molar-refractivity contribution in [2.75, 3.05) is 4.90 Å². The number of hydrogen-bond donors (Lipinski definition) is 1. The molecule has 0 radical (unpaired) electrons. The van der Waals surface area contributed by atoms with Gasteiger partial charge in [-0.25, -0.2) is 9.98 Å². The van der Waals surface area contributed by atoms with Gasteiger partial charge in [-0.05, 0) is 95.3 Å². The molecule has 5 nitrogen and oxygen atoms in total. The highest BCUT2D eigenvalue weighted by Gasteiger charge is 2.44. The molecule has 4 heterocycles. The zero-order valence-electron chi connectivity index (χ0n) is 34.5. The van der Waals surface area contributed by atoms with Gasteiger partial charge in [0.2, 0.25) is 0 Å². The number of anilines is 2. The Morgan fingerprint density at radius 3 is 2.42 bits per heavy atom. The number of nitrogens with zero attached hydrogens (tertiary/aromatic N) is 4. The van der Waals surface area contributed by atoms with Crippen LogP contribution in [0.4, 0.5) is 11.4 Å². The highest BCUT2D eigenvalue weighted by molar-refractivity contribution is 7.13. The van der Waals surface area contributed by atoms with Crippen molar-refractivity contribution in [2.45, 2.75) is 56.1 Å². The summed E-state index contributed by atoms with van der Waals surface area (Å²) in [6.07, 6.45) is 31.7. The second-order valence-electron chi connectivity index (χ2n) is 17.3. The molecule has 1 aromatic heterocycles. The number of allylic oxidation sites excluding steroid dienone is 7. The molecule has 4 aromatic carbocycles. The molecule has 0 amide bonds. The topological polar surface area (TPSA) is 52.4 Å². The van der Waals surface area contributed by atoms with Gasteiger partial charge in [0.05, 0.1) is 11.7 Å². The molecule has 1 N–H and O–H groups in total. The summed E-state index contributed by atoms with van der Waals surface area (Å²) in [5.41, 5.74) is 14.1. The van der Waals surface area contributed by atoms with Crippen LogP contribution in [0, 0.1) is 11.8 Å². The van der Waals surface area contributed by atoms with E-state index in [-0.39, 0.29) is 35.9 Å². The molecule has 7 aliphatic rings. The third-order valence-corrected chi connectivity index (χ3v) is 14.8. The number of thiophene rings is 1. The Morgan fingerprint density at radius 1 is 0.710 bits per heavy atom. The monoisotopic (exact) mass is 821 g/mol.